The van der Waals surface area contributed by atoms with Gasteiger partial charge in [-0.2, -0.15) is 0 Å². The minimum absolute atomic E-state index is 0.109. The van der Waals surface area contributed by atoms with Crippen LogP contribution in [0.3, 0.4) is 0 Å². The molecule has 5 heteroatoms. The number of rotatable bonds is 6. The van der Waals surface area contributed by atoms with E-state index in [0.29, 0.717) is 23.5 Å². The van der Waals surface area contributed by atoms with Gasteiger partial charge in [-0.05, 0) is 42.4 Å². The van der Waals surface area contributed by atoms with Gasteiger partial charge in [-0.25, -0.2) is 0 Å². The van der Waals surface area contributed by atoms with Gasteiger partial charge in [-0.15, -0.1) is 0 Å². The lowest BCUT2D eigenvalue weighted by atomic mass is 9.85. The lowest BCUT2D eigenvalue weighted by Crippen LogP contribution is -2.29. The Labute approximate surface area is 148 Å². The van der Waals surface area contributed by atoms with Crippen LogP contribution in [0.2, 0.25) is 5.02 Å². The number of esters is 1. The highest BCUT2D eigenvalue weighted by Crippen LogP contribution is 2.26. The Balaban J connectivity index is 1.93. The minimum atomic E-state index is -0.407. The molecule has 0 aliphatic heterocycles. The van der Waals surface area contributed by atoms with Gasteiger partial charge in [0.1, 0.15) is 0 Å². The highest BCUT2D eigenvalue weighted by molar-refractivity contribution is 6.30. The second-order valence-corrected chi connectivity index (χ2v) is 6.81. The SMILES string of the molecule is CC(=O)NC(CC(=O)OCC1CC=CCC1C)c1ccc(Cl)cc1. The fourth-order valence-corrected chi connectivity index (χ4v) is 2.98. The third-order valence-corrected chi connectivity index (χ3v) is 4.65. The van der Waals surface area contributed by atoms with E-state index >= 15 is 0 Å². The van der Waals surface area contributed by atoms with E-state index in [2.05, 4.69) is 24.4 Å². The number of benzene rings is 1. The standard InChI is InChI=1S/C19H24ClNO3/c1-13-5-3-4-6-16(13)12-24-19(23)11-18(21-14(2)22)15-7-9-17(20)10-8-15/h3-4,7-10,13,16,18H,5-6,11-12H2,1-2H3,(H,21,22). The quantitative estimate of drug-likeness (QED) is 0.622. The molecule has 3 unspecified atom stereocenters. The molecule has 2 rings (SSSR count). The van der Waals surface area contributed by atoms with Crippen LogP contribution >= 0.6 is 11.6 Å². The monoisotopic (exact) mass is 349 g/mol. The molecule has 0 spiro atoms. The van der Waals surface area contributed by atoms with Crippen molar-refractivity contribution in [3.8, 4) is 0 Å². The van der Waals surface area contributed by atoms with Gasteiger partial charge in [-0.3, -0.25) is 9.59 Å². The molecule has 4 nitrogen and oxygen atoms in total. The average molecular weight is 350 g/mol. The summed E-state index contributed by atoms with van der Waals surface area (Å²) >= 11 is 5.89. The van der Waals surface area contributed by atoms with Crippen LogP contribution in [0, 0.1) is 11.8 Å². The number of amides is 1. The fourth-order valence-electron chi connectivity index (χ4n) is 2.86. The number of hydrogen-bond donors (Lipinski definition) is 1. The summed E-state index contributed by atoms with van der Waals surface area (Å²) in [5, 5.41) is 3.41. The molecule has 0 radical (unpaired) electrons. The van der Waals surface area contributed by atoms with E-state index in [4.69, 9.17) is 16.3 Å². The summed E-state index contributed by atoms with van der Waals surface area (Å²) in [6.45, 7) is 4.04. The van der Waals surface area contributed by atoms with Crippen LogP contribution in [0.15, 0.2) is 36.4 Å². The Kier molecular flexibility index (Phi) is 6.85. The lowest BCUT2D eigenvalue weighted by Gasteiger charge is -2.25. The van der Waals surface area contributed by atoms with E-state index in [1.165, 1.54) is 6.92 Å². The zero-order valence-electron chi connectivity index (χ0n) is 14.1. The summed E-state index contributed by atoms with van der Waals surface area (Å²) in [6.07, 6.45) is 6.41. The highest BCUT2D eigenvalue weighted by Gasteiger charge is 2.22. The summed E-state index contributed by atoms with van der Waals surface area (Å²) < 4.78 is 5.46. The predicted molar refractivity (Wildman–Crippen MR) is 94.6 cm³/mol. The van der Waals surface area contributed by atoms with Crippen LogP contribution in [0.25, 0.3) is 0 Å². The molecule has 24 heavy (non-hydrogen) atoms. The van der Waals surface area contributed by atoms with E-state index < -0.39 is 6.04 Å². The third-order valence-electron chi connectivity index (χ3n) is 4.40. The molecule has 1 aromatic carbocycles. The van der Waals surface area contributed by atoms with Crippen LogP contribution in [0.4, 0.5) is 0 Å². The smallest absolute Gasteiger partial charge is 0.308 e. The van der Waals surface area contributed by atoms with E-state index in [9.17, 15) is 9.59 Å². The van der Waals surface area contributed by atoms with Crippen molar-refractivity contribution >= 4 is 23.5 Å². The number of allylic oxidation sites excluding steroid dienone is 2. The van der Waals surface area contributed by atoms with Gasteiger partial charge in [0.05, 0.1) is 19.1 Å². The molecular formula is C19H24ClNO3. The molecule has 1 aliphatic rings. The Morgan fingerprint density at radius 2 is 1.92 bits per heavy atom. The van der Waals surface area contributed by atoms with Crippen LogP contribution in [0.1, 0.15) is 44.7 Å². The summed E-state index contributed by atoms with van der Waals surface area (Å²) in [5.74, 6) is 0.401. The van der Waals surface area contributed by atoms with E-state index in [-0.39, 0.29) is 18.3 Å². The van der Waals surface area contributed by atoms with Gasteiger partial charge in [0, 0.05) is 11.9 Å². The third kappa shape index (κ3) is 5.68. The Morgan fingerprint density at radius 1 is 1.25 bits per heavy atom. The number of halogens is 1. The van der Waals surface area contributed by atoms with E-state index in [1.54, 1.807) is 12.1 Å². The molecule has 1 amide bonds. The molecule has 0 aromatic heterocycles. The number of ether oxygens (including phenoxy) is 1. The number of carbonyl (C=O) groups excluding carboxylic acids is 2. The maximum Gasteiger partial charge on any atom is 0.308 e. The second kappa shape index (κ2) is 8.88. The number of hydrogen-bond acceptors (Lipinski definition) is 3. The maximum atomic E-state index is 12.2. The molecule has 1 N–H and O–H groups in total. The predicted octanol–water partition coefficient (Wildman–Crippen LogP) is 4.05. The number of nitrogens with one attached hydrogen (secondary N) is 1. The summed E-state index contributed by atoms with van der Waals surface area (Å²) in [6, 6.07) is 6.70. The first-order valence-corrected chi connectivity index (χ1v) is 8.66. The van der Waals surface area contributed by atoms with Crippen LogP contribution < -0.4 is 5.32 Å². The topological polar surface area (TPSA) is 55.4 Å². The molecule has 3 atom stereocenters. The van der Waals surface area contributed by atoms with Crippen LogP contribution in [-0.2, 0) is 14.3 Å². The summed E-state index contributed by atoms with van der Waals surface area (Å²) in [5.41, 5.74) is 0.834. The van der Waals surface area contributed by atoms with Crippen molar-refractivity contribution in [2.75, 3.05) is 6.61 Å². The largest absolute Gasteiger partial charge is 0.465 e. The summed E-state index contributed by atoms with van der Waals surface area (Å²) in [7, 11) is 0. The van der Waals surface area contributed by atoms with Crippen molar-refractivity contribution in [3.63, 3.8) is 0 Å². The van der Waals surface area contributed by atoms with Gasteiger partial charge in [0.2, 0.25) is 5.91 Å². The molecule has 1 aliphatic carbocycles. The first-order chi connectivity index (χ1) is 11.5. The van der Waals surface area contributed by atoms with Gasteiger partial charge in [0.25, 0.3) is 0 Å². The number of carbonyl (C=O) groups is 2. The first-order valence-electron chi connectivity index (χ1n) is 8.29. The van der Waals surface area contributed by atoms with E-state index in [1.807, 2.05) is 12.1 Å². The highest BCUT2D eigenvalue weighted by atomic mass is 35.5. The molecule has 0 saturated heterocycles. The van der Waals surface area contributed by atoms with Gasteiger partial charge >= 0.3 is 5.97 Å². The van der Waals surface area contributed by atoms with Crippen molar-refractivity contribution in [2.45, 2.75) is 39.2 Å². The van der Waals surface area contributed by atoms with Gasteiger partial charge < -0.3 is 10.1 Å². The van der Waals surface area contributed by atoms with Crippen molar-refractivity contribution < 1.29 is 14.3 Å². The van der Waals surface area contributed by atoms with Crippen molar-refractivity contribution in [1.29, 1.82) is 0 Å². The Hall–Kier alpha value is -1.81. The van der Waals surface area contributed by atoms with Crippen LogP contribution in [0.5, 0.6) is 0 Å². The Morgan fingerprint density at radius 3 is 2.54 bits per heavy atom. The molecule has 130 valence electrons. The van der Waals surface area contributed by atoms with Gasteiger partial charge in [0.15, 0.2) is 0 Å². The molecule has 0 heterocycles. The van der Waals surface area contributed by atoms with Crippen molar-refractivity contribution in [1.82, 2.24) is 5.32 Å². The first kappa shape index (κ1) is 18.5. The second-order valence-electron chi connectivity index (χ2n) is 6.37. The van der Waals surface area contributed by atoms with E-state index in [0.717, 1.165) is 18.4 Å². The zero-order chi connectivity index (χ0) is 17.5. The van der Waals surface area contributed by atoms with Crippen molar-refractivity contribution in [2.24, 2.45) is 11.8 Å². The average Bonchev–Trinajstić information content (AvgIpc) is 2.54. The molecule has 0 fully saturated rings. The Bertz CT molecular complexity index is 597. The molecule has 0 saturated carbocycles. The molecular weight excluding hydrogens is 326 g/mol. The van der Waals surface area contributed by atoms with Crippen molar-refractivity contribution in [3.05, 3.63) is 47.0 Å². The fraction of sp³-hybridized carbons (Fsp3) is 0.474. The van der Waals surface area contributed by atoms with Gasteiger partial charge in [-0.1, -0.05) is 42.8 Å². The molecule has 1 aromatic rings. The molecule has 0 bridgehead atoms. The maximum absolute atomic E-state index is 12.2. The lowest BCUT2D eigenvalue weighted by molar-refractivity contribution is -0.146. The summed E-state index contributed by atoms with van der Waals surface area (Å²) in [4.78, 5) is 23.6. The zero-order valence-corrected chi connectivity index (χ0v) is 14.9. The minimum Gasteiger partial charge on any atom is -0.465 e. The normalized spacial score (nSPS) is 21.1. The van der Waals surface area contributed by atoms with Crippen LogP contribution in [-0.4, -0.2) is 18.5 Å².